The Kier molecular flexibility index (Phi) is 3.95. The largest absolute Gasteiger partial charge is 0.316 e. The molecular weight excluding hydrogens is 198 g/mol. The van der Waals surface area contributed by atoms with E-state index in [-0.39, 0.29) is 11.2 Å². The van der Waals surface area contributed by atoms with Crippen LogP contribution in [0.2, 0.25) is 0 Å². The molecule has 1 aliphatic rings. The average molecular weight is 219 g/mol. The fourth-order valence-electron chi connectivity index (χ4n) is 2.00. The van der Waals surface area contributed by atoms with Crippen LogP contribution in [0, 0.1) is 5.41 Å². The summed E-state index contributed by atoms with van der Waals surface area (Å²) in [5.74, 6) is 0.647. The molecule has 1 N–H and O–H groups in total. The van der Waals surface area contributed by atoms with Crippen LogP contribution in [0.4, 0.5) is 0 Å². The van der Waals surface area contributed by atoms with Crippen LogP contribution in [0.5, 0.6) is 0 Å². The van der Waals surface area contributed by atoms with Gasteiger partial charge in [-0.05, 0) is 18.3 Å². The summed E-state index contributed by atoms with van der Waals surface area (Å²) < 4.78 is 22.7. The van der Waals surface area contributed by atoms with Gasteiger partial charge in [0.05, 0.1) is 5.75 Å². The van der Waals surface area contributed by atoms with Crippen LogP contribution in [0.1, 0.15) is 33.1 Å². The van der Waals surface area contributed by atoms with Crippen molar-refractivity contribution >= 4 is 9.84 Å². The molecule has 1 fully saturated rings. The number of nitrogens with one attached hydrogen (secondary N) is 1. The molecule has 14 heavy (non-hydrogen) atoms. The Bertz CT molecular complexity index is 268. The molecule has 0 aliphatic carbocycles. The Morgan fingerprint density at radius 3 is 2.21 bits per heavy atom. The van der Waals surface area contributed by atoms with Crippen LogP contribution >= 0.6 is 0 Å². The van der Waals surface area contributed by atoms with E-state index in [9.17, 15) is 8.42 Å². The zero-order valence-corrected chi connectivity index (χ0v) is 9.99. The maximum absolute atomic E-state index is 11.4. The average Bonchev–Trinajstić information content (AvgIpc) is 2.09. The van der Waals surface area contributed by atoms with E-state index in [0.29, 0.717) is 5.75 Å². The second-order valence-electron chi connectivity index (χ2n) is 4.34. The van der Waals surface area contributed by atoms with E-state index in [1.165, 1.54) is 0 Å². The summed E-state index contributed by atoms with van der Waals surface area (Å²) >= 11 is 0. The van der Waals surface area contributed by atoms with Crippen molar-refractivity contribution in [2.75, 3.05) is 24.6 Å². The predicted molar refractivity (Wildman–Crippen MR) is 59.2 cm³/mol. The van der Waals surface area contributed by atoms with Gasteiger partial charge in [0.1, 0.15) is 9.84 Å². The molecule has 0 radical (unpaired) electrons. The monoisotopic (exact) mass is 219 g/mol. The van der Waals surface area contributed by atoms with Gasteiger partial charge in [-0.1, -0.05) is 20.3 Å². The van der Waals surface area contributed by atoms with Crippen molar-refractivity contribution in [1.82, 2.24) is 5.32 Å². The first-order chi connectivity index (χ1) is 6.54. The van der Waals surface area contributed by atoms with Gasteiger partial charge in [-0.25, -0.2) is 8.42 Å². The van der Waals surface area contributed by atoms with E-state index >= 15 is 0 Å². The van der Waals surface area contributed by atoms with Gasteiger partial charge in [0.25, 0.3) is 0 Å². The molecule has 0 unspecified atom stereocenters. The number of rotatable bonds is 6. The van der Waals surface area contributed by atoms with Gasteiger partial charge in [-0.2, -0.15) is 0 Å². The van der Waals surface area contributed by atoms with E-state index in [0.717, 1.165) is 32.4 Å². The van der Waals surface area contributed by atoms with Crippen LogP contribution < -0.4 is 5.32 Å². The number of sulfone groups is 1. The van der Waals surface area contributed by atoms with Crippen LogP contribution in [-0.4, -0.2) is 33.0 Å². The highest BCUT2D eigenvalue weighted by Crippen LogP contribution is 2.32. The normalized spacial score (nSPS) is 20.4. The van der Waals surface area contributed by atoms with Gasteiger partial charge in [0.2, 0.25) is 0 Å². The van der Waals surface area contributed by atoms with E-state index in [1.54, 1.807) is 6.92 Å². The molecule has 3 nitrogen and oxygen atoms in total. The third-order valence-electron chi connectivity index (χ3n) is 3.16. The molecule has 1 rings (SSSR count). The third kappa shape index (κ3) is 2.95. The molecular formula is C10H21NO2S. The van der Waals surface area contributed by atoms with Crippen LogP contribution in [0.3, 0.4) is 0 Å². The van der Waals surface area contributed by atoms with Crippen LogP contribution in [-0.2, 0) is 9.84 Å². The molecule has 1 heterocycles. The van der Waals surface area contributed by atoms with E-state index in [4.69, 9.17) is 0 Å². The Morgan fingerprint density at radius 1 is 1.21 bits per heavy atom. The minimum Gasteiger partial charge on any atom is -0.316 e. The zero-order chi connectivity index (χ0) is 10.7. The second-order valence-corrected chi connectivity index (χ2v) is 6.81. The van der Waals surface area contributed by atoms with Gasteiger partial charge in [0, 0.05) is 18.8 Å². The standard InChI is InChI=1S/C10H21NO2S/c1-3-5-10(8-11-9-10)6-7-14(12,13)4-2/h11H,3-9H2,1-2H3. The molecule has 1 aliphatic heterocycles. The SMILES string of the molecule is CCCC1(CCS(=O)(=O)CC)CNC1. The first kappa shape index (κ1) is 12.0. The van der Waals surface area contributed by atoms with E-state index in [1.807, 2.05) is 0 Å². The Labute approximate surface area is 87.2 Å². The van der Waals surface area contributed by atoms with Gasteiger partial charge < -0.3 is 5.32 Å². The fraction of sp³-hybridized carbons (Fsp3) is 1.00. The molecule has 1 saturated heterocycles. The van der Waals surface area contributed by atoms with Crippen molar-refractivity contribution in [2.24, 2.45) is 5.41 Å². The minimum absolute atomic E-state index is 0.280. The summed E-state index contributed by atoms with van der Waals surface area (Å²) in [4.78, 5) is 0. The minimum atomic E-state index is -2.77. The maximum atomic E-state index is 11.4. The Hall–Kier alpha value is -0.0900. The highest BCUT2D eigenvalue weighted by molar-refractivity contribution is 7.91. The molecule has 0 aromatic rings. The molecule has 0 atom stereocenters. The van der Waals surface area contributed by atoms with E-state index < -0.39 is 9.84 Å². The Balaban J connectivity index is 2.42. The predicted octanol–water partition coefficient (Wildman–Crippen LogP) is 1.20. The summed E-state index contributed by atoms with van der Waals surface area (Å²) in [5.41, 5.74) is 0.289. The Morgan fingerprint density at radius 2 is 1.86 bits per heavy atom. The van der Waals surface area contributed by atoms with Crippen molar-refractivity contribution < 1.29 is 8.42 Å². The molecule has 0 aromatic carbocycles. The first-order valence-corrected chi connectivity index (χ1v) is 7.27. The van der Waals surface area contributed by atoms with Crippen molar-refractivity contribution in [3.63, 3.8) is 0 Å². The van der Waals surface area contributed by atoms with Crippen LogP contribution in [0.15, 0.2) is 0 Å². The van der Waals surface area contributed by atoms with Gasteiger partial charge in [-0.3, -0.25) is 0 Å². The van der Waals surface area contributed by atoms with Crippen molar-refractivity contribution in [2.45, 2.75) is 33.1 Å². The molecule has 0 spiro atoms. The molecule has 0 amide bonds. The summed E-state index contributed by atoms with van der Waals surface area (Å²) in [6, 6.07) is 0. The number of hydrogen-bond acceptors (Lipinski definition) is 3. The first-order valence-electron chi connectivity index (χ1n) is 5.45. The second kappa shape index (κ2) is 4.62. The molecule has 84 valence electrons. The number of hydrogen-bond donors (Lipinski definition) is 1. The molecule has 0 saturated carbocycles. The molecule has 0 bridgehead atoms. The smallest absolute Gasteiger partial charge is 0.150 e. The molecule has 0 aromatic heterocycles. The third-order valence-corrected chi connectivity index (χ3v) is 4.87. The summed E-state index contributed by atoms with van der Waals surface area (Å²) in [7, 11) is -2.77. The lowest BCUT2D eigenvalue weighted by Gasteiger charge is -2.43. The van der Waals surface area contributed by atoms with Crippen molar-refractivity contribution in [1.29, 1.82) is 0 Å². The van der Waals surface area contributed by atoms with Gasteiger partial charge in [-0.15, -0.1) is 0 Å². The van der Waals surface area contributed by atoms with Crippen molar-refractivity contribution in [3.05, 3.63) is 0 Å². The topological polar surface area (TPSA) is 46.2 Å². The van der Waals surface area contributed by atoms with E-state index in [2.05, 4.69) is 12.2 Å². The molecule has 4 heteroatoms. The summed E-state index contributed by atoms with van der Waals surface area (Å²) in [6.07, 6.45) is 3.14. The summed E-state index contributed by atoms with van der Waals surface area (Å²) in [5, 5.41) is 3.25. The fourth-order valence-corrected chi connectivity index (χ4v) is 3.04. The van der Waals surface area contributed by atoms with Crippen molar-refractivity contribution in [3.8, 4) is 0 Å². The van der Waals surface area contributed by atoms with Gasteiger partial charge >= 0.3 is 0 Å². The lowest BCUT2D eigenvalue weighted by molar-refractivity contribution is 0.145. The van der Waals surface area contributed by atoms with Gasteiger partial charge in [0.15, 0.2) is 0 Å². The van der Waals surface area contributed by atoms with Crippen LogP contribution in [0.25, 0.3) is 0 Å². The lowest BCUT2D eigenvalue weighted by atomic mass is 9.75. The lowest BCUT2D eigenvalue weighted by Crippen LogP contribution is -2.54. The highest BCUT2D eigenvalue weighted by atomic mass is 32.2. The summed E-state index contributed by atoms with van der Waals surface area (Å²) in [6.45, 7) is 5.88. The quantitative estimate of drug-likeness (QED) is 0.730. The zero-order valence-electron chi connectivity index (χ0n) is 9.17. The highest BCUT2D eigenvalue weighted by Gasteiger charge is 2.36. The maximum Gasteiger partial charge on any atom is 0.150 e.